The van der Waals surface area contributed by atoms with Gasteiger partial charge in [0.1, 0.15) is 13.2 Å². The average Bonchev–Trinajstić information content (AvgIpc) is 3.37. The van der Waals surface area contributed by atoms with Crippen molar-refractivity contribution in [3.8, 4) is 0 Å². The van der Waals surface area contributed by atoms with Gasteiger partial charge in [-0.05, 0) is 57.8 Å². The predicted octanol–water partition coefficient (Wildman–Crippen LogP) is 21.0. The standard InChI is InChI=1S/C65H118O6/c1-4-7-10-13-16-19-22-25-28-30-31-32-33-35-38-41-44-47-50-53-56-59-65(68)71-62(60-69-63(66)57-54-51-48-45-42-39-36-27-24-21-18-15-12-9-6-3)61-70-64(67)58-55-52-49-46-43-40-37-34-29-26-23-20-17-14-11-8-5-2/h9,12,18,21,27,36,42,45,62H,4-8,10-11,13-17,19-20,22-26,28-35,37-41,43-44,46-61H2,1-3H3/b12-9-,21-18-,36-27-,45-42-/t62-/m1/s1. The molecule has 0 saturated carbocycles. The van der Waals surface area contributed by atoms with Crippen molar-refractivity contribution in [1.29, 1.82) is 0 Å². The number of unbranched alkanes of at least 4 members (excludes halogenated alkanes) is 38. The summed E-state index contributed by atoms with van der Waals surface area (Å²) < 4.78 is 16.9. The number of carbonyl (C=O) groups is 3. The minimum atomic E-state index is -0.787. The summed E-state index contributed by atoms with van der Waals surface area (Å²) in [4.78, 5) is 38.2. The average molecular weight is 996 g/mol. The van der Waals surface area contributed by atoms with Crippen LogP contribution in [0.1, 0.15) is 329 Å². The lowest BCUT2D eigenvalue weighted by molar-refractivity contribution is -0.167. The maximum atomic E-state index is 12.9. The maximum absolute atomic E-state index is 12.9. The van der Waals surface area contributed by atoms with E-state index >= 15 is 0 Å². The first-order valence-corrected chi connectivity index (χ1v) is 31.1. The highest BCUT2D eigenvalue weighted by molar-refractivity contribution is 5.71. The summed E-state index contributed by atoms with van der Waals surface area (Å²) >= 11 is 0. The highest BCUT2D eigenvalue weighted by atomic mass is 16.6. The second-order valence-electron chi connectivity index (χ2n) is 21.0. The number of allylic oxidation sites excluding steroid dienone is 8. The van der Waals surface area contributed by atoms with E-state index in [1.165, 1.54) is 205 Å². The molecule has 0 aromatic heterocycles. The van der Waals surface area contributed by atoms with Crippen molar-refractivity contribution in [2.45, 2.75) is 335 Å². The van der Waals surface area contributed by atoms with Crippen LogP contribution in [0.4, 0.5) is 0 Å². The van der Waals surface area contributed by atoms with Crippen molar-refractivity contribution in [3.05, 3.63) is 48.6 Å². The van der Waals surface area contributed by atoms with Gasteiger partial charge in [-0.2, -0.15) is 0 Å². The zero-order chi connectivity index (χ0) is 51.4. The normalized spacial score (nSPS) is 12.3. The number of ether oxygens (including phenoxy) is 3. The lowest BCUT2D eigenvalue weighted by Crippen LogP contribution is -2.30. The molecule has 0 bridgehead atoms. The summed E-state index contributed by atoms with van der Waals surface area (Å²) in [5.74, 6) is -0.903. The molecule has 0 fully saturated rings. The van der Waals surface area contributed by atoms with Crippen LogP contribution in [0.3, 0.4) is 0 Å². The number of carbonyl (C=O) groups excluding carboxylic acids is 3. The summed E-state index contributed by atoms with van der Waals surface area (Å²) in [7, 11) is 0. The highest BCUT2D eigenvalue weighted by Gasteiger charge is 2.19. The third-order valence-electron chi connectivity index (χ3n) is 13.8. The Labute approximate surface area is 441 Å². The Balaban J connectivity index is 4.35. The first kappa shape index (κ1) is 68.4. The number of rotatable bonds is 57. The first-order chi connectivity index (χ1) is 35.0. The lowest BCUT2D eigenvalue weighted by Gasteiger charge is -2.18. The third-order valence-corrected chi connectivity index (χ3v) is 13.8. The molecular weight excluding hydrogens is 877 g/mol. The molecular formula is C65H118O6. The summed E-state index contributed by atoms with van der Waals surface area (Å²) in [5.41, 5.74) is 0. The van der Waals surface area contributed by atoms with Crippen molar-refractivity contribution in [2.24, 2.45) is 0 Å². The van der Waals surface area contributed by atoms with Gasteiger partial charge in [0.2, 0.25) is 0 Å². The lowest BCUT2D eigenvalue weighted by atomic mass is 10.0. The molecule has 0 unspecified atom stereocenters. The van der Waals surface area contributed by atoms with Gasteiger partial charge < -0.3 is 14.2 Å². The Morgan fingerprint density at radius 2 is 0.549 bits per heavy atom. The van der Waals surface area contributed by atoms with Crippen molar-refractivity contribution in [2.75, 3.05) is 13.2 Å². The quantitative estimate of drug-likeness (QED) is 0.0261. The second-order valence-corrected chi connectivity index (χ2v) is 21.0. The van der Waals surface area contributed by atoms with E-state index in [9.17, 15) is 14.4 Å². The molecule has 0 N–H and O–H groups in total. The second kappa shape index (κ2) is 59.9. The molecule has 0 aliphatic rings. The molecule has 0 amide bonds. The fourth-order valence-electron chi connectivity index (χ4n) is 9.20. The van der Waals surface area contributed by atoms with Crippen LogP contribution in [0, 0.1) is 0 Å². The number of esters is 3. The van der Waals surface area contributed by atoms with Gasteiger partial charge in [0.25, 0.3) is 0 Å². The Morgan fingerprint density at radius 3 is 0.859 bits per heavy atom. The monoisotopic (exact) mass is 995 g/mol. The van der Waals surface area contributed by atoms with Gasteiger partial charge in [-0.3, -0.25) is 14.4 Å². The molecule has 1 atom stereocenters. The minimum absolute atomic E-state index is 0.0814. The number of hydrogen-bond acceptors (Lipinski definition) is 6. The van der Waals surface area contributed by atoms with Crippen LogP contribution in [0.15, 0.2) is 48.6 Å². The Hall–Kier alpha value is -2.63. The summed E-state index contributed by atoms with van der Waals surface area (Å²) in [6, 6.07) is 0. The molecule has 0 aliphatic carbocycles. The molecule has 6 heteroatoms. The summed E-state index contributed by atoms with van der Waals surface area (Å²) in [5, 5.41) is 0. The van der Waals surface area contributed by atoms with Gasteiger partial charge in [-0.1, -0.05) is 301 Å². The van der Waals surface area contributed by atoms with E-state index in [1.807, 2.05) is 0 Å². The Morgan fingerprint density at radius 1 is 0.296 bits per heavy atom. The van der Waals surface area contributed by atoms with E-state index in [0.717, 1.165) is 83.5 Å². The molecule has 0 aromatic rings. The molecule has 414 valence electrons. The first-order valence-electron chi connectivity index (χ1n) is 31.1. The molecule has 0 spiro atoms. The van der Waals surface area contributed by atoms with Crippen molar-refractivity contribution in [1.82, 2.24) is 0 Å². The van der Waals surface area contributed by atoms with Crippen molar-refractivity contribution >= 4 is 17.9 Å². The van der Waals surface area contributed by atoms with Gasteiger partial charge in [0, 0.05) is 19.3 Å². The molecule has 0 saturated heterocycles. The fraction of sp³-hybridized carbons (Fsp3) is 0.831. The predicted molar refractivity (Wildman–Crippen MR) is 307 cm³/mol. The van der Waals surface area contributed by atoms with E-state index in [-0.39, 0.29) is 31.1 Å². The van der Waals surface area contributed by atoms with Crippen molar-refractivity contribution in [3.63, 3.8) is 0 Å². The van der Waals surface area contributed by atoms with Crippen LogP contribution < -0.4 is 0 Å². The molecule has 6 nitrogen and oxygen atoms in total. The topological polar surface area (TPSA) is 78.9 Å². The van der Waals surface area contributed by atoms with Crippen LogP contribution in [0.2, 0.25) is 0 Å². The van der Waals surface area contributed by atoms with Gasteiger partial charge in [0.15, 0.2) is 6.10 Å². The van der Waals surface area contributed by atoms with Crippen LogP contribution in [0.5, 0.6) is 0 Å². The minimum Gasteiger partial charge on any atom is -0.462 e. The van der Waals surface area contributed by atoms with Gasteiger partial charge >= 0.3 is 17.9 Å². The van der Waals surface area contributed by atoms with Crippen LogP contribution in [-0.4, -0.2) is 37.2 Å². The molecule has 0 heterocycles. The Bertz CT molecular complexity index is 1230. The van der Waals surface area contributed by atoms with Crippen LogP contribution >= 0.6 is 0 Å². The highest BCUT2D eigenvalue weighted by Crippen LogP contribution is 2.18. The molecule has 71 heavy (non-hydrogen) atoms. The molecule has 0 aliphatic heterocycles. The fourth-order valence-corrected chi connectivity index (χ4v) is 9.20. The molecule has 0 rings (SSSR count). The van der Waals surface area contributed by atoms with E-state index in [2.05, 4.69) is 69.4 Å². The SMILES string of the molecule is CC/C=C\C/C=C\C/C=C\C/C=C\CCCCC(=O)OC[C@H](COC(=O)CCCCCCCCCCCCCCCCCCC)OC(=O)CCCCCCCCCCCCCCCCCCCCCCC. The zero-order valence-electron chi connectivity index (χ0n) is 47.5. The number of hydrogen-bond donors (Lipinski definition) is 0. The van der Waals surface area contributed by atoms with E-state index in [1.54, 1.807) is 0 Å². The van der Waals surface area contributed by atoms with Gasteiger partial charge in [0.05, 0.1) is 0 Å². The van der Waals surface area contributed by atoms with Crippen LogP contribution in [0.25, 0.3) is 0 Å². The van der Waals surface area contributed by atoms with E-state index in [4.69, 9.17) is 14.2 Å². The Kier molecular flexibility index (Phi) is 57.7. The third kappa shape index (κ3) is 58.1. The van der Waals surface area contributed by atoms with Gasteiger partial charge in [-0.25, -0.2) is 0 Å². The van der Waals surface area contributed by atoms with Crippen LogP contribution in [-0.2, 0) is 28.6 Å². The van der Waals surface area contributed by atoms with E-state index in [0.29, 0.717) is 19.3 Å². The largest absolute Gasteiger partial charge is 0.462 e. The zero-order valence-corrected chi connectivity index (χ0v) is 47.5. The van der Waals surface area contributed by atoms with Crippen molar-refractivity contribution < 1.29 is 28.6 Å². The molecule has 0 radical (unpaired) electrons. The van der Waals surface area contributed by atoms with Gasteiger partial charge in [-0.15, -0.1) is 0 Å². The summed E-state index contributed by atoms with van der Waals surface area (Å²) in [6.45, 7) is 6.55. The smallest absolute Gasteiger partial charge is 0.306 e. The molecule has 0 aromatic carbocycles. The van der Waals surface area contributed by atoms with E-state index < -0.39 is 6.10 Å². The maximum Gasteiger partial charge on any atom is 0.306 e. The summed E-state index contributed by atoms with van der Waals surface area (Å²) in [6.07, 6.45) is 74.1.